The molecule has 0 spiro atoms. The van der Waals surface area contributed by atoms with Crippen molar-refractivity contribution in [1.29, 1.82) is 0 Å². The van der Waals surface area contributed by atoms with E-state index in [9.17, 15) is 4.79 Å². The molecule has 6 heteroatoms. The molecule has 2 aromatic rings. The molecule has 29 heavy (non-hydrogen) atoms. The van der Waals surface area contributed by atoms with E-state index < -0.39 is 0 Å². The summed E-state index contributed by atoms with van der Waals surface area (Å²) in [6, 6.07) is 14.0. The van der Waals surface area contributed by atoms with Crippen LogP contribution < -0.4 is 9.47 Å². The van der Waals surface area contributed by atoms with Crippen molar-refractivity contribution in [3.05, 3.63) is 64.1 Å². The number of benzene rings is 2. The van der Waals surface area contributed by atoms with E-state index >= 15 is 0 Å². The first kappa shape index (κ1) is 21.4. The van der Waals surface area contributed by atoms with Gasteiger partial charge < -0.3 is 9.47 Å². The molecule has 1 aliphatic heterocycles. The van der Waals surface area contributed by atoms with Crippen LogP contribution in [0.2, 0.25) is 0 Å². The highest BCUT2D eigenvalue weighted by molar-refractivity contribution is 8.26. The Hall–Kier alpha value is -2.31. The number of nitrogens with zero attached hydrogens (tertiary/aromatic N) is 1. The van der Waals surface area contributed by atoms with Gasteiger partial charge in [0.1, 0.15) is 29.0 Å². The summed E-state index contributed by atoms with van der Waals surface area (Å²) in [7, 11) is 1.69. The quantitative estimate of drug-likeness (QED) is 0.336. The largest absolute Gasteiger partial charge is 0.490 e. The minimum absolute atomic E-state index is 0.0705. The van der Waals surface area contributed by atoms with Gasteiger partial charge in [-0.2, -0.15) is 0 Å². The molecule has 1 aliphatic rings. The number of amides is 1. The molecule has 1 amide bonds. The summed E-state index contributed by atoms with van der Waals surface area (Å²) in [5.74, 6) is 1.99. The van der Waals surface area contributed by atoms with Gasteiger partial charge in [0.05, 0.1) is 4.91 Å². The number of rotatable bonds is 7. The van der Waals surface area contributed by atoms with Crippen molar-refractivity contribution in [3.8, 4) is 11.5 Å². The van der Waals surface area contributed by atoms with Crippen LogP contribution in [0.3, 0.4) is 0 Å². The highest BCUT2D eigenvalue weighted by atomic mass is 32.2. The number of likely N-dealkylation sites (N-methyl/N-ethyl adjacent to an activating group) is 1. The molecule has 0 radical (unpaired) electrons. The fourth-order valence-corrected chi connectivity index (χ4v) is 4.13. The van der Waals surface area contributed by atoms with E-state index in [1.807, 2.05) is 30.3 Å². The first-order valence-electron chi connectivity index (χ1n) is 9.53. The van der Waals surface area contributed by atoms with E-state index in [2.05, 4.69) is 39.0 Å². The van der Waals surface area contributed by atoms with Gasteiger partial charge in [-0.3, -0.25) is 9.69 Å². The van der Waals surface area contributed by atoms with E-state index in [-0.39, 0.29) is 5.91 Å². The lowest BCUT2D eigenvalue weighted by Gasteiger charge is -2.15. The summed E-state index contributed by atoms with van der Waals surface area (Å²) >= 11 is 6.48. The fourth-order valence-electron chi connectivity index (χ4n) is 2.95. The Labute approximate surface area is 181 Å². The van der Waals surface area contributed by atoms with Crippen LogP contribution in [0.1, 0.15) is 36.5 Å². The van der Waals surface area contributed by atoms with Crippen molar-refractivity contribution < 1.29 is 14.3 Å². The van der Waals surface area contributed by atoms with Gasteiger partial charge in [-0.1, -0.05) is 62.1 Å². The van der Waals surface area contributed by atoms with Gasteiger partial charge in [0.2, 0.25) is 0 Å². The molecule has 0 unspecified atom stereocenters. The second kappa shape index (κ2) is 9.46. The van der Waals surface area contributed by atoms with Gasteiger partial charge >= 0.3 is 0 Å². The normalized spacial score (nSPS) is 15.5. The molecule has 0 N–H and O–H groups in total. The van der Waals surface area contributed by atoms with E-state index in [0.29, 0.717) is 28.4 Å². The van der Waals surface area contributed by atoms with Crippen molar-refractivity contribution in [2.24, 2.45) is 0 Å². The van der Waals surface area contributed by atoms with Crippen molar-refractivity contribution in [2.75, 3.05) is 20.3 Å². The van der Waals surface area contributed by atoms with Gasteiger partial charge in [0.25, 0.3) is 5.91 Å². The number of hydrogen-bond acceptors (Lipinski definition) is 5. The monoisotopic (exact) mass is 427 g/mol. The van der Waals surface area contributed by atoms with Crippen molar-refractivity contribution in [3.63, 3.8) is 0 Å². The standard InChI is InChI=1S/C23H25NO3S2/c1-15(2)19-9-8-16(3)12-20(19)27-11-10-26-18-7-5-6-17(13-18)14-21-22(25)24(4)23(28)29-21/h5-9,12-15H,10-11H2,1-4H3. The van der Waals surface area contributed by atoms with Crippen LogP contribution in [0.4, 0.5) is 0 Å². The minimum Gasteiger partial charge on any atom is -0.490 e. The van der Waals surface area contributed by atoms with Gasteiger partial charge in [0, 0.05) is 7.05 Å². The molecule has 0 saturated carbocycles. The Morgan fingerprint density at radius 3 is 2.59 bits per heavy atom. The van der Waals surface area contributed by atoms with Crippen LogP contribution in [-0.4, -0.2) is 35.4 Å². The second-order valence-corrected chi connectivity index (χ2v) is 8.88. The zero-order chi connectivity index (χ0) is 21.0. The fraction of sp³-hybridized carbons (Fsp3) is 0.304. The molecular weight excluding hydrogens is 402 g/mol. The first-order chi connectivity index (χ1) is 13.8. The number of thioether (sulfide) groups is 1. The smallest absolute Gasteiger partial charge is 0.265 e. The van der Waals surface area contributed by atoms with E-state index in [1.54, 1.807) is 7.05 Å². The van der Waals surface area contributed by atoms with Gasteiger partial charge in [-0.05, 0) is 53.8 Å². The predicted molar refractivity (Wildman–Crippen MR) is 124 cm³/mol. The molecule has 3 rings (SSSR count). The third kappa shape index (κ3) is 5.40. The Morgan fingerprint density at radius 1 is 1.14 bits per heavy atom. The SMILES string of the molecule is Cc1ccc(C(C)C)c(OCCOc2cccc(C=C3SC(=S)N(C)C3=O)c2)c1. The predicted octanol–water partition coefficient (Wildman–Crippen LogP) is 5.41. The van der Waals surface area contributed by atoms with Crippen molar-refractivity contribution in [1.82, 2.24) is 4.90 Å². The van der Waals surface area contributed by atoms with Crippen LogP contribution in [-0.2, 0) is 4.79 Å². The second-order valence-electron chi connectivity index (χ2n) is 7.21. The minimum atomic E-state index is -0.0705. The zero-order valence-corrected chi connectivity index (χ0v) is 18.7. The molecule has 1 saturated heterocycles. The molecule has 0 atom stereocenters. The number of hydrogen-bond donors (Lipinski definition) is 0. The Morgan fingerprint density at radius 2 is 1.90 bits per heavy atom. The van der Waals surface area contributed by atoms with E-state index in [1.165, 1.54) is 27.8 Å². The molecule has 1 heterocycles. The topological polar surface area (TPSA) is 38.8 Å². The molecule has 4 nitrogen and oxygen atoms in total. The summed E-state index contributed by atoms with van der Waals surface area (Å²) < 4.78 is 12.4. The molecule has 0 bridgehead atoms. The Kier molecular flexibility index (Phi) is 6.98. The average Bonchev–Trinajstić information content (AvgIpc) is 2.92. The summed E-state index contributed by atoms with van der Waals surface area (Å²) in [5.41, 5.74) is 3.28. The van der Waals surface area contributed by atoms with Crippen molar-refractivity contribution in [2.45, 2.75) is 26.7 Å². The molecule has 0 aliphatic carbocycles. The third-order valence-electron chi connectivity index (χ3n) is 4.54. The maximum atomic E-state index is 12.2. The lowest BCUT2D eigenvalue weighted by Crippen LogP contribution is -2.22. The number of thiocarbonyl (C=S) groups is 1. The summed E-state index contributed by atoms with van der Waals surface area (Å²) in [6.07, 6.45) is 1.84. The van der Waals surface area contributed by atoms with Crippen molar-refractivity contribution >= 4 is 40.3 Å². The maximum Gasteiger partial charge on any atom is 0.265 e. The van der Waals surface area contributed by atoms with Crippen LogP contribution in [0.15, 0.2) is 47.4 Å². The summed E-state index contributed by atoms with van der Waals surface area (Å²) in [5, 5.41) is 0. The van der Waals surface area contributed by atoms with E-state index in [0.717, 1.165) is 17.1 Å². The molecule has 152 valence electrons. The Balaban J connectivity index is 1.59. The first-order valence-corrected chi connectivity index (χ1v) is 10.8. The number of aryl methyl sites for hydroxylation is 1. The zero-order valence-electron chi connectivity index (χ0n) is 17.1. The molecular formula is C23H25NO3S2. The lowest BCUT2D eigenvalue weighted by atomic mass is 10.0. The van der Waals surface area contributed by atoms with Crippen LogP contribution in [0, 0.1) is 6.92 Å². The third-order valence-corrected chi connectivity index (χ3v) is 6.03. The highest BCUT2D eigenvalue weighted by Crippen LogP contribution is 2.32. The molecule has 0 aromatic heterocycles. The molecule has 1 fully saturated rings. The van der Waals surface area contributed by atoms with E-state index in [4.69, 9.17) is 21.7 Å². The number of carbonyl (C=O) groups excluding carboxylic acids is 1. The number of ether oxygens (including phenoxy) is 2. The van der Waals surface area contributed by atoms with Crippen LogP contribution in [0.25, 0.3) is 6.08 Å². The average molecular weight is 428 g/mol. The highest BCUT2D eigenvalue weighted by Gasteiger charge is 2.28. The summed E-state index contributed by atoms with van der Waals surface area (Å²) in [6.45, 7) is 7.27. The van der Waals surface area contributed by atoms with Gasteiger partial charge in [-0.15, -0.1) is 0 Å². The van der Waals surface area contributed by atoms with Gasteiger partial charge in [-0.25, -0.2) is 0 Å². The molecule has 2 aromatic carbocycles. The summed E-state index contributed by atoms with van der Waals surface area (Å²) in [4.78, 5) is 14.3. The van der Waals surface area contributed by atoms with Crippen LogP contribution in [0.5, 0.6) is 11.5 Å². The maximum absolute atomic E-state index is 12.2. The van der Waals surface area contributed by atoms with Crippen LogP contribution >= 0.6 is 24.0 Å². The number of carbonyl (C=O) groups is 1. The lowest BCUT2D eigenvalue weighted by molar-refractivity contribution is -0.121. The van der Waals surface area contributed by atoms with Gasteiger partial charge in [0.15, 0.2) is 0 Å². The Bertz CT molecular complexity index is 953.